The SMILES string of the molecule is CC(NC(c1ncc(-c2ccc(-c3ccc(-c4cnc([C@H](N[C@@H](C)C(=O)NC(=O)O)C(C)C)[nH]4)cc3)cc2)[nH]1)C(C)C)C(=O)NC(=O)O. The van der Waals surface area contributed by atoms with E-state index in [1.165, 1.54) is 0 Å². The summed E-state index contributed by atoms with van der Waals surface area (Å²) < 4.78 is 0. The second kappa shape index (κ2) is 15.5. The van der Waals surface area contributed by atoms with Gasteiger partial charge in [-0.2, -0.15) is 0 Å². The Bertz CT molecular complexity index is 1600. The fourth-order valence-corrected chi connectivity index (χ4v) is 5.26. The van der Waals surface area contributed by atoms with Crippen molar-refractivity contribution in [2.75, 3.05) is 0 Å². The van der Waals surface area contributed by atoms with Crippen molar-refractivity contribution in [1.29, 1.82) is 0 Å². The molecule has 0 spiro atoms. The molecule has 4 amide bonds. The lowest BCUT2D eigenvalue weighted by Crippen LogP contribution is -2.46. The number of hydrogen-bond acceptors (Lipinski definition) is 8. The van der Waals surface area contributed by atoms with Gasteiger partial charge in [-0.05, 0) is 47.9 Å². The summed E-state index contributed by atoms with van der Waals surface area (Å²) in [6.45, 7) is 11.2. The minimum absolute atomic E-state index is 0.0680. The van der Waals surface area contributed by atoms with Crippen LogP contribution >= 0.6 is 0 Å². The largest absolute Gasteiger partial charge is 0.465 e. The van der Waals surface area contributed by atoms with Crippen LogP contribution in [0.3, 0.4) is 0 Å². The van der Waals surface area contributed by atoms with Crippen LogP contribution in [-0.4, -0.2) is 66.2 Å². The van der Waals surface area contributed by atoms with Crippen LogP contribution in [0.15, 0.2) is 60.9 Å². The molecule has 254 valence electrons. The van der Waals surface area contributed by atoms with Crippen LogP contribution in [0.5, 0.6) is 0 Å². The molecular weight excluding hydrogens is 616 g/mol. The average molecular weight is 659 g/mol. The van der Waals surface area contributed by atoms with Crippen molar-refractivity contribution >= 4 is 24.0 Å². The highest BCUT2D eigenvalue weighted by Gasteiger charge is 2.26. The first-order valence-corrected chi connectivity index (χ1v) is 15.6. The lowest BCUT2D eigenvalue weighted by atomic mass is 10.0. The lowest BCUT2D eigenvalue weighted by molar-refractivity contribution is -0.123. The predicted molar refractivity (Wildman–Crippen MR) is 180 cm³/mol. The second-order valence-electron chi connectivity index (χ2n) is 12.3. The van der Waals surface area contributed by atoms with Crippen molar-refractivity contribution in [3.8, 4) is 33.6 Å². The Morgan fingerprint density at radius 1 is 0.562 bits per heavy atom. The van der Waals surface area contributed by atoms with Crippen LogP contribution in [0.25, 0.3) is 33.6 Å². The molecule has 48 heavy (non-hydrogen) atoms. The van der Waals surface area contributed by atoms with E-state index < -0.39 is 36.1 Å². The molecule has 8 N–H and O–H groups in total. The molecule has 0 aliphatic rings. The Labute approximate surface area is 278 Å². The van der Waals surface area contributed by atoms with E-state index in [2.05, 4.69) is 30.6 Å². The Hall–Kier alpha value is -5.34. The number of H-pyrrole nitrogens is 2. The van der Waals surface area contributed by atoms with Crippen molar-refractivity contribution in [3.05, 3.63) is 72.6 Å². The molecule has 2 unspecified atom stereocenters. The molecule has 4 rings (SSSR count). The van der Waals surface area contributed by atoms with Crippen molar-refractivity contribution in [2.24, 2.45) is 11.8 Å². The number of carboxylic acid groups (broad SMARTS) is 2. The molecule has 4 atom stereocenters. The van der Waals surface area contributed by atoms with E-state index in [9.17, 15) is 19.2 Å². The second-order valence-corrected chi connectivity index (χ2v) is 12.3. The van der Waals surface area contributed by atoms with Crippen LogP contribution in [0.2, 0.25) is 0 Å². The highest BCUT2D eigenvalue weighted by molar-refractivity contribution is 5.94. The molecule has 0 saturated heterocycles. The van der Waals surface area contributed by atoms with Gasteiger partial charge in [0.2, 0.25) is 11.8 Å². The van der Waals surface area contributed by atoms with Gasteiger partial charge >= 0.3 is 12.2 Å². The fourth-order valence-electron chi connectivity index (χ4n) is 5.26. The number of aromatic nitrogens is 4. The third kappa shape index (κ3) is 8.92. The molecule has 2 heterocycles. The summed E-state index contributed by atoms with van der Waals surface area (Å²) >= 11 is 0. The monoisotopic (exact) mass is 658 g/mol. The molecular formula is C34H42N8O6. The highest BCUT2D eigenvalue weighted by atomic mass is 16.4. The number of carbonyl (C=O) groups is 4. The van der Waals surface area contributed by atoms with Crippen molar-refractivity contribution in [1.82, 2.24) is 41.2 Å². The molecule has 0 saturated carbocycles. The van der Waals surface area contributed by atoms with Crippen LogP contribution in [0.4, 0.5) is 9.59 Å². The standard InChI is InChI=1S/C34H42N8O6/c1-17(2)27(37-19(5)31(43)41-33(45)46)29-35-15-25(39-29)23-11-7-21(8-12-23)22-9-13-24(14-10-22)26-16-36-30(40-26)28(18(3)4)38-20(6)32(44)42-34(47)48/h7-20,27-28,37-38H,1-6H3,(H,35,39)(H,36,40)(H,41,43)(H,42,44)(H,45,46)(H,47,48)/t19-,20?,27+,28?/m0/s1. The van der Waals surface area contributed by atoms with E-state index in [0.717, 1.165) is 33.6 Å². The van der Waals surface area contributed by atoms with Crippen molar-refractivity contribution in [2.45, 2.75) is 65.7 Å². The number of benzene rings is 2. The summed E-state index contributed by atoms with van der Waals surface area (Å²) in [5, 5.41) is 27.8. The molecule has 0 aliphatic carbocycles. The minimum atomic E-state index is -1.40. The number of amides is 4. The Balaban J connectivity index is 1.43. The van der Waals surface area contributed by atoms with Crippen LogP contribution in [0, 0.1) is 11.8 Å². The van der Waals surface area contributed by atoms with Crippen LogP contribution < -0.4 is 21.3 Å². The molecule has 2 aromatic heterocycles. The maximum Gasteiger partial charge on any atom is 0.411 e. The zero-order chi connectivity index (χ0) is 35.1. The van der Waals surface area contributed by atoms with Crippen LogP contribution in [-0.2, 0) is 9.59 Å². The van der Waals surface area contributed by atoms with Gasteiger partial charge in [0.05, 0.1) is 47.9 Å². The van der Waals surface area contributed by atoms with E-state index in [1.54, 1.807) is 26.2 Å². The summed E-state index contributed by atoms with van der Waals surface area (Å²) in [5.41, 5.74) is 5.52. The summed E-state index contributed by atoms with van der Waals surface area (Å²) in [5.74, 6) is 0.151. The summed E-state index contributed by atoms with van der Waals surface area (Å²) in [6, 6.07) is 14.0. The van der Waals surface area contributed by atoms with Gasteiger partial charge in [0.15, 0.2) is 0 Å². The van der Waals surface area contributed by atoms with Gasteiger partial charge < -0.3 is 20.2 Å². The van der Waals surface area contributed by atoms with Gasteiger partial charge in [0.25, 0.3) is 0 Å². The molecule has 14 heteroatoms. The maximum atomic E-state index is 12.1. The molecule has 0 radical (unpaired) electrons. The normalized spacial score (nSPS) is 13.9. The fraction of sp³-hybridized carbons (Fsp3) is 0.353. The number of hydrogen-bond donors (Lipinski definition) is 8. The lowest BCUT2D eigenvalue weighted by Gasteiger charge is -2.24. The molecule has 2 aromatic carbocycles. The van der Waals surface area contributed by atoms with E-state index >= 15 is 0 Å². The molecule has 0 fully saturated rings. The minimum Gasteiger partial charge on any atom is -0.465 e. The van der Waals surface area contributed by atoms with Gasteiger partial charge in [-0.25, -0.2) is 19.6 Å². The zero-order valence-corrected chi connectivity index (χ0v) is 27.7. The van der Waals surface area contributed by atoms with Gasteiger partial charge in [-0.15, -0.1) is 0 Å². The third-order valence-corrected chi connectivity index (χ3v) is 7.94. The summed E-state index contributed by atoms with van der Waals surface area (Å²) in [4.78, 5) is 61.7. The number of nitrogens with one attached hydrogen (secondary N) is 6. The van der Waals surface area contributed by atoms with E-state index in [-0.39, 0.29) is 23.9 Å². The van der Waals surface area contributed by atoms with E-state index in [4.69, 9.17) is 10.2 Å². The summed E-state index contributed by atoms with van der Waals surface area (Å²) in [7, 11) is 0. The summed E-state index contributed by atoms with van der Waals surface area (Å²) in [6.07, 6.45) is 0.682. The molecule has 0 bridgehead atoms. The topological polar surface area (TPSA) is 214 Å². The van der Waals surface area contributed by atoms with Gasteiger partial charge in [-0.3, -0.25) is 30.9 Å². The van der Waals surface area contributed by atoms with Crippen molar-refractivity contribution < 1.29 is 29.4 Å². The number of imidazole rings is 2. The number of nitrogens with zero attached hydrogens (tertiary/aromatic N) is 2. The third-order valence-electron chi connectivity index (χ3n) is 7.94. The Morgan fingerprint density at radius 3 is 1.17 bits per heavy atom. The zero-order valence-electron chi connectivity index (χ0n) is 27.7. The first-order valence-electron chi connectivity index (χ1n) is 15.6. The molecule has 14 nitrogen and oxygen atoms in total. The smallest absolute Gasteiger partial charge is 0.411 e. The van der Waals surface area contributed by atoms with E-state index in [0.29, 0.717) is 11.6 Å². The predicted octanol–water partition coefficient (Wildman–Crippen LogP) is 5.07. The molecule has 0 aliphatic heterocycles. The first-order chi connectivity index (χ1) is 22.7. The maximum absolute atomic E-state index is 12.1. The average Bonchev–Trinajstić information content (AvgIpc) is 3.72. The first kappa shape index (κ1) is 35.5. The van der Waals surface area contributed by atoms with E-state index in [1.807, 2.05) is 86.9 Å². The van der Waals surface area contributed by atoms with Crippen molar-refractivity contribution in [3.63, 3.8) is 0 Å². The Morgan fingerprint density at radius 2 is 0.875 bits per heavy atom. The number of imide groups is 2. The number of carbonyl (C=O) groups excluding carboxylic acids is 2. The van der Waals surface area contributed by atoms with Gasteiger partial charge in [0.1, 0.15) is 11.6 Å². The molecule has 4 aromatic rings. The number of rotatable bonds is 13. The Kier molecular flexibility index (Phi) is 11.5. The van der Waals surface area contributed by atoms with Gasteiger partial charge in [0, 0.05) is 0 Å². The highest BCUT2D eigenvalue weighted by Crippen LogP contribution is 2.29. The quantitative estimate of drug-likeness (QED) is 0.0954. The number of aromatic amines is 2. The van der Waals surface area contributed by atoms with Crippen LogP contribution in [0.1, 0.15) is 65.3 Å². The van der Waals surface area contributed by atoms with Gasteiger partial charge in [-0.1, -0.05) is 76.2 Å².